The third-order valence-electron chi connectivity index (χ3n) is 4.10. The summed E-state index contributed by atoms with van der Waals surface area (Å²) in [6.07, 6.45) is 1.51. The molecule has 21 heavy (non-hydrogen) atoms. The Morgan fingerprint density at radius 1 is 1.24 bits per heavy atom. The highest BCUT2D eigenvalue weighted by atomic mass is 19.1. The lowest BCUT2D eigenvalue weighted by Gasteiger charge is -2.38. The number of hydrogen-bond donors (Lipinski definition) is 1. The van der Waals surface area contributed by atoms with Gasteiger partial charge < -0.3 is 9.84 Å². The molecule has 0 radical (unpaired) electrons. The van der Waals surface area contributed by atoms with Crippen molar-refractivity contribution in [2.24, 2.45) is 0 Å². The van der Waals surface area contributed by atoms with Gasteiger partial charge in [0.25, 0.3) is 0 Å². The Bertz CT molecular complexity index is 626. The van der Waals surface area contributed by atoms with Gasteiger partial charge in [-0.3, -0.25) is 0 Å². The van der Waals surface area contributed by atoms with Crippen LogP contribution in [0.4, 0.5) is 4.39 Å². The first-order valence-electron chi connectivity index (χ1n) is 7.26. The molecule has 1 heterocycles. The van der Waals surface area contributed by atoms with Crippen LogP contribution < -0.4 is 4.74 Å². The molecular weight excluding hydrogens is 267 g/mol. The molecule has 1 aliphatic heterocycles. The largest absolute Gasteiger partial charge is 0.487 e. The van der Waals surface area contributed by atoms with E-state index in [9.17, 15) is 9.50 Å². The SMILES string of the molecule is CC1(CCc2ccccc2)CC(O)c2cc(F)ccc2O1. The third-order valence-corrected chi connectivity index (χ3v) is 4.10. The molecule has 1 aliphatic rings. The summed E-state index contributed by atoms with van der Waals surface area (Å²) in [5.74, 6) is 0.245. The van der Waals surface area contributed by atoms with E-state index in [-0.39, 0.29) is 5.82 Å². The fourth-order valence-electron chi connectivity index (χ4n) is 2.91. The van der Waals surface area contributed by atoms with Gasteiger partial charge in [0.1, 0.15) is 17.2 Å². The van der Waals surface area contributed by atoms with Crippen LogP contribution in [0.5, 0.6) is 5.75 Å². The van der Waals surface area contributed by atoms with Gasteiger partial charge in [-0.2, -0.15) is 0 Å². The Balaban J connectivity index is 1.76. The van der Waals surface area contributed by atoms with Crippen LogP contribution >= 0.6 is 0 Å². The maximum absolute atomic E-state index is 13.3. The fourth-order valence-corrected chi connectivity index (χ4v) is 2.91. The van der Waals surface area contributed by atoms with E-state index in [0.717, 1.165) is 12.8 Å². The number of halogens is 1. The summed E-state index contributed by atoms with van der Waals surface area (Å²) in [6, 6.07) is 14.5. The Morgan fingerprint density at radius 3 is 2.76 bits per heavy atom. The number of benzene rings is 2. The minimum atomic E-state index is -0.676. The summed E-state index contributed by atoms with van der Waals surface area (Å²) in [6.45, 7) is 2.01. The first-order valence-corrected chi connectivity index (χ1v) is 7.26. The van der Waals surface area contributed by atoms with Gasteiger partial charge in [0, 0.05) is 12.0 Å². The van der Waals surface area contributed by atoms with E-state index >= 15 is 0 Å². The van der Waals surface area contributed by atoms with Crippen molar-refractivity contribution >= 4 is 0 Å². The van der Waals surface area contributed by atoms with Crippen LogP contribution in [0.1, 0.15) is 37.0 Å². The number of ether oxygens (including phenoxy) is 1. The van der Waals surface area contributed by atoms with Crippen LogP contribution in [0.25, 0.3) is 0 Å². The van der Waals surface area contributed by atoms with E-state index in [0.29, 0.717) is 17.7 Å². The molecule has 0 aromatic heterocycles. The van der Waals surface area contributed by atoms with Gasteiger partial charge in [0.2, 0.25) is 0 Å². The van der Waals surface area contributed by atoms with Crippen molar-refractivity contribution in [1.82, 2.24) is 0 Å². The van der Waals surface area contributed by atoms with Gasteiger partial charge in [0.05, 0.1) is 6.10 Å². The number of aliphatic hydroxyl groups excluding tert-OH is 1. The first-order chi connectivity index (χ1) is 10.1. The van der Waals surface area contributed by atoms with Crippen LogP contribution in [-0.4, -0.2) is 10.7 Å². The number of hydrogen-bond acceptors (Lipinski definition) is 2. The second-order valence-corrected chi connectivity index (χ2v) is 5.94. The summed E-state index contributed by atoms with van der Waals surface area (Å²) in [5, 5.41) is 10.3. The molecule has 3 rings (SSSR count). The maximum Gasteiger partial charge on any atom is 0.126 e. The summed E-state index contributed by atoms with van der Waals surface area (Å²) in [7, 11) is 0. The molecule has 3 heteroatoms. The third kappa shape index (κ3) is 3.08. The summed E-state index contributed by atoms with van der Waals surface area (Å²) < 4.78 is 19.3. The predicted molar refractivity (Wildman–Crippen MR) is 79.8 cm³/mol. The normalized spacial score (nSPS) is 24.2. The first kappa shape index (κ1) is 14.1. The molecule has 0 bridgehead atoms. The second kappa shape index (κ2) is 5.49. The summed E-state index contributed by atoms with van der Waals surface area (Å²) in [4.78, 5) is 0. The van der Waals surface area contributed by atoms with E-state index in [4.69, 9.17) is 4.74 Å². The predicted octanol–water partition coefficient (Wildman–Crippen LogP) is 4.03. The standard InChI is InChI=1S/C18H19FO2/c1-18(10-9-13-5-3-2-4-6-13)12-16(20)15-11-14(19)7-8-17(15)21-18/h2-8,11,16,20H,9-10,12H2,1H3. The molecule has 0 spiro atoms. The molecule has 2 unspecified atom stereocenters. The Hall–Kier alpha value is -1.87. The molecule has 0 saturated heterocycles. The highest BCUT2D eigenvalue weighted by molar-refractivity contribution is 5.38. The van der Waals surface area contributed by atoms with E-state index in [1.54, 1.807) is 6.07 Å². The van der Waals surface area contributed by atoms with Crippen molar-refractivity contribution in [1.29, 1.82) is 0 Å². The fraction of sp³-hybridized carbons (Fsp3) is 0.333. The van der Waals surface area contributed by atoms with Crippen LogP contribution in [-0.2, 0) is 6.42 Å². The van der Waals surface area contributed by atoms with Gasteiger partial charge in [-0.1, -0.05) is 30.3 Å². The van der Waals surface area contributed by atoms with E-state index in [1.165, 1.54) is 17.7 Å². The lowest BCUT2D eigenvalue weighted by atomic mass is 9.86. The topological polar surface area (TPSA) is 29.5 Å². The van der Waals surface area contributed by atoms with Gasteiger partial charge in [-0.15, -0.1) is 0 Å². The molecule has 0 fully saturated rings. The smallest absolute Gasteiger partial charge is 0.126 e. The minimum Gasteiger partial charge on any atom is -0.487 e. The zero-order valence-electron chi connectivity index (χ0n) is 12.1. The molecule has 2 aromatic carbocycles. The molecule has 2 aromatic rings. The van der Waals surface area contributed by atoms with Crippen molar-refractivity contribution in [3.05, 3.63) is 65.5 Å². The van der Waals surface area contributed by atoms with Gasteiger partial charge in [-0.05, 0) is 43.5 Å². The summed E-state index contributed by atoms with van der Waals surface area (Å²) >= 11 is 0. The van der Waals surface area contributed by atoms with Crippen molar-refractivity contribution in [2.75, 3.05) is 0 Å². The molecule has 2 nitrogen and oxygen atoms in total. The number of aryl methyl sites for hydroxylation is 1. The highest BCUT2D eigenvalue weighted by Gasteiger charge is 2.36. The lowest BCUT2D eigenvalue weighted by Crippen LogP contribution is -2.38. The Labute approximate surface area is 124 Å². The van der Waals surface area contributed by atoms with Crippen molar-refractivity contribution < 1.29 is 14.2 Å². The van der Waals surface area contributed by atoms with Crippen molar-refractivity contribution in [2.45, 2.75) is 37.9 Å². The quantitative estimate of drug-likeness (QED) is 0.923. The molecule has 1 N–H and O–H groups in total. The van der Waals surface area contributed by atoms with Gasteiger partial charge >= 0.3 is 0 Å². The molecule has 0 saturated carbocycles. The highest BCUT2D eigenvalue weighted by Crippen LogP contribution is 2.41. The summed E-state index contributed by atoms with van der Waals surface area (Å²) in [5.41, 5.74) is 1.37. The monoisotopic (exact) mass is 286 g/mol. The van der Waals surface area contributed by atoms with Gasteiger partial charge in [-0.25, -0.2) is 4.39 Å². The van der Waals surface area contributed by atoms with Crippen LogP contribution in [0.3, 0.4) is 0 Å². The van der Waals surface area contributed by atoms with Crippen molar-refractivity contribution in [3.63, 3.8) is 0 Å². The van der Waals surface area contributed by atoms with E-state index < -0.39 is 11.7 Å². The van der Waals surface area contributed by atoms with Crippen molar-refractivity contribution in [3.8, 4) is 5.75 Å². The number of rotatable bonds is 3. The second-order valence-electron chi connectivity index (χ2n) is 5.94. The Morgan fingerprint density at radius 2 is 2.00 bits per heavy atom. The van der Waals surface area contributed by atoms with E-state index in [1.807, 2.05) is 25.1 Å². The molecule has 0 aliphatic carbocycles. The molecular formula is C18H19FO2. The zero-order valence-corrected chi connectivity index (χ0v) is 12.1. The number of fused-ring (bicyclic) bond motifs is 1. The molecule has 2 atom stereocenters. The zero-order chi connectivity index (χ0) is 14.9. The number of aliphatic hydroxyl groups is 1. The maximum atomic E-state index is 13.3. The Kier molecular flexibility index (Phi) is 3.68. The minimum absolute atomic E-state index is 0.343. The van der Waals surface area contributed by atoms with Crippen LogP contribution in [0.2, 0.25) is 0 Å². The van der Waals surface area contributed by atoms with Crippen LogP contribution in [0.15, 0.2) is 48.5 Å². The van der Waals surface area contributed by atoms with Crippen LogP contribution in [0, 0.1) is 5.82 Å². The average Bonchev–Trinajstić information content (AvgIpc) is 2.47. The average molecular weight is 286 g/mol. The lowest BCUT2D eigenvalue weighted by molar-refractivity contribution is -0.00697. The molecule has 0 amide bonds. The van der Waals surface area contributed by atoms with E-state index in [2.05, 4.69) is 12.1 Å². The van der Waals surface area contributed by atoms with Gasteiger partial charge in [0.15, 0.2) is 0 Å². The molecule has 110 valence electrons.